The van der Waals surface area contributed by atoms with Crippen molar-refractivity contribution in [2.75, 3.05) is 0 Å². The summed E-state index contributed by atoms with van der Waals surface area (Å²) in [6.45, 7) is 1.90. The summed E-state index contributed by atoms with van der Waals surface area (Å²) in [6.07, 6.45) is 0. The predicted octanol–water partition coefficient (Wildman–Crippen LogP) is 5.49. The van der Waals surface area contributed by atoms with Gasteiger partial charge in [-0.25, -0.2) is 4.79 Å². The van der Waals surface area contributed by atoms with Crippen LogP contribution >= 0.6 is 0 Å². The molecule has 5 aromatic rings. The van der Waals surface area contributed by atoms with E-state index in [9.17, 15) is 9.59 Å². The fourth-order valence-corrected chi connectivity index (χ4v) is 4.18. The van der Waals surface area contributed by atoms with Crippen LogP contribution in [0.5, 0.6) is 0 Å². The Bertz CT molecular complexity index is 1480. The Morgan fingerprint density at radius 1 is 0.900 bits per heavy atom. The SMILES string of the molecule is Cc1cc(=O)oc2c1ccc1c2c(-c2ccccc2)c(C(=O)c2ccccc2)n1C. The summed E-state index contributed by atoms with van der Waals surface area (Å²) in [5.41, 5.74) is 4.67. The van der Waals surface area contributed by atoms with Gasteiger partial charge in [0.15, 0.2) is 0 Å². The van der Waals surface area contributed by atoms with E-state index in [1.165, 1.54) is 6.07 Å². The van der Waals surface area contributed by atoms with E-state index in [0.29, 0.717) is 16.8 Å². The van der Waals surface area contributed by atoms with E-state index in [1.807, 2.05) is 91.3 Å². The second-order valence-electron chi connectivity index (χ2n) is 7.43. The number of benzene rings is 3. The smallest absolute Gasteiger partial charge is 0.336 e. The van der Waals surface area contributed by atoms with Crippen molar-refractivity contribution < 1.29 is 9.21 Å². The Hall–Kier alpha value is -3.92. The van der Waals surface area contributed by atoms with E-state index >= 15 is 0 Å². The maximum absolute atomic E-state index is 13.6. The van der Waals surface area contributed by atoms with Crippen molar-refractivity contribution in [3.63, 3.8) is 0 Å². The molecule has 0 N–H and O–H groups in total. The van der Waals surface area contributed by atoms with Gasteiger partial charge in [-0.05, 0) is 30.2 Å². The lowest BCUT2D eigenvalue weighted by molar-refractivity contribution is 0.103. The van der Waals surface area contributed by atoms with Gasteiger partial charge >= 0.3 is 5.63 Å². The van der Waals surface area contributed by atoms with E-state index < -0.39 is 5.63 Å². The average Bonchev–Trinajstić information content (AvgIpc) is 3.07. The number of hydrogen-bond acceptors (Lipinski definition) is 3. The molecular formula is C26H19NO3. The van der Waals surface area contributed by atoms with Crippen molar-refractivity contribution >= 4 is 27.7 Å². The zero-order chi connectivity index (χ0) is 20.8. The van der Waals surface area contributed by atoms with Gasteiger partial charge in [0.05, 0.1) is 16.6 Å². The summed E-state index contributed by atoms with van der Waals surface area (Å²) in [7, 11) is 1.88. The summed E-state index contributed by atoms with van der Waals surface area (Å²) in [6, 6.07) is 24.4. The Morgan fingerprint density at radius 3 is 2.27 bits per heavy atom. The number of aryl methyl sites for hydroxylation is 2. The normalized spacial score (nSPS) is 11.3. The standard InChI is InChI=1S/C26H19NO3/c1-16-15-21(28)30-26-19(16)13-14-20-23(26)22(17-9-5-3-6-10-17)24(27(20)2)25(29)18-11-7-4-8-12-18/h3-15H,1-2H3. The number of fused-ring (bicyclic) bond motifs is 3. The molecule has 30 heavy (non-hydrogen) atoms. The molecule has 4 heteroatoms. The highest BCUT2D eigenvalue weighted by atomic mass is 16.4. The molecule has 0 saturated heterocycles. The number of carbonyl (C=O) groups is 1. The number of hydrogen-bond donors (Lipinski definition) is 0. The molecule has 0 spiro atoms. The highest BCUT2D eigenvalue weighted by Gasteiger charge is 2.25. The maximum atomic E-state index is 13.6. The van der Waals surface area contributed by atoms with Crippen molar-refractivity contribution in [2.45, 2.75) is 6.92 Å². The third kappa shape index (κ3) is 2.69. The predicted molar refractivity (Wildman–Crippen MR) is 119 cm³/mol. The average molecular weight is 393 g/mol. The minimum absolute atomic E-state index is 0.0729. The molecule has 4 nitrogen and oxygen atoms in total. The zero-order valence-electron chi connectivity index (χ0n) is 16.7. The van der Waals surface area contributed by atoms with E-state index in [4.69, 9.17) is 4.42 Å². The molecule has 0 aliphatic heterocycles. The highest BCUT2D eigenvalue weighted by molar-refractivity contribution is 6.21. The minimum Gasteiger partial charge on any atom is -0.422 e. The summed E-state index contributed by atoms with van der Waals surface area (Å²) >= 11 is 0. The molecule has 0 unspecified atom stereocenters. The first-order valence-electron chi connectivity index (χ1n) is 9.77. The van der Waals surface area contributed by atoms with Crippen LogP contribution in [-0.2, 0) is 7.05 Å². The van der Waals surface area contributed by atoms with E-state index in [0.717, 1.165) is 33.0 Å². The molecule has 0 fully saturated rings. The molecule has 0 aliphatic carbocycles. The van der Waals surface area contributed by atoms with E-state index in [-0.39, 0.29) is 5.78 Å². The van der Waals surface area contributed by atoms with Crippen LogP contribution in [0.4, 0.5) is 0 Å². The maximum Gasteiger partial charge on any atom is 0.336 e. The van der Waals surface area contributed by atoms with Gasteiger partial charge in [0.2, 0.25) is 5.78 Å². The lowest BCUT2D eigenvalue weighted by atomic mass is 9.96. The zero-order valence-corrected chi connectivity index (χ0v) is 16.7. The van der Waals surface area contributed by atoms with Crippen molar-refractivity contribution in [1.82, 2.24) is 4.57 Å². The van der Waals surface area contributed by atoms with Gasteiger partial charge in [-0.1, -0.05) is 60.7 Å². The molecule has 0 aliphatic rings. The molecule has 146 valence electrons. The van der Waals surface area contributed by atoms with Crippen LogP contribution in [0, 0.1) is 6.92 Å². The second-order valence-corrected chi connectivity index (χ2v) is 7.43. The molecule has 0 bridgehead atoms. The van der Waals surface area contributed by atoms with Crippen LogP contribution in [0.25, 0.3) is 33.0 Å². The first kappa shape index (κ1) is 18.1. The number of carbonyl (C=O) groups excluding carboxylic acids is 1. The van der Waals surface area contributed by atoms with Gasteiger partial charge in [-0.2, -0.15) is 0 Å². The van der Waals surface area contributed by atoms with E-state index in [1.54, 1.807) is 0 Å². The second kappa shape index (κ2) is 6.85. The monoisotopic (exact) mass is 393 g/mol. The lowest BCUT2D eigenvalue weighted by Crippen LogP contribution is -2.08. The van der Waals surface area contributed by atoms with Crippen LogP contribution in [0.3, 0.4) is 0 Å². The number of ketones is 1. The summed E-state index contributed by atoms with van der Waals surface area (Å²) in [4.78, 5) is 25.8. The van der Waals surface area contributed by atoms with Gasteiger partial charge < -0.3 is 8.98 Å². The highest BCUT2D eigenvalue weighted by Crippen LogP contribution is 2.39. The first-order valence-corrected chi connectivity index (χ1v) is 9.77. The van der Waals surface area contributed by atoms with Crippen LogP contribution < -0.4 is 5.63 Å². The molecule has 3 aromatic carbocycles. The number of nitrogens with zero attached hydrogens (tertiary/aromatic N) is 1. The van der Waals surface area contributed by atoms with Crippen molar-refractivity contribution in [1.29, 1.82) is 0 Å². The fourth-order valence-electron chi connectivity index (χ4n) is 4.18. The molecule has 0 saturated carbocycles. The van der Waals surface area contributed by atoms with Crippen LogP contribution in [0.15, 0.2) is 88.1 Å². The molecule has 0 amide bonds. The molecule has 5 rings (SSSR count). The molecular weight excluding hydrogens is 374 g/mol. The number of rotatable bonds is 3. The third-order valence-corrected chi connectivity index (χ3v) is 5.59. The lowest BCUT2D eigenvalue weighted by Gasteiger charge is -2.08. The van der Waals surface area contributed by atoms with E-state index in [2.05, 4.69) is 0 Å². The Morgan fingerprint density at radius 2 is 1.57 bits per heavy atom. The quantitative estimate of drug-likeness (QED) is 0.301. The van der Waals surface area contributed by atoms with Gasteiger partial charge in [0, 0.05) is 29.6 Å². The molecule has 2 aromatic heterocycles. The largest absolute Gasteiger partial charge is 0.422 e. The van der Waals surface area contributed by atoms with Gasteiger partial charge in [0.1, 0.15) is 5.58 Å². The third-order valence-electron chi connectivity index (χ3n) is 5.59. The minimum atomic E-state index is -0.397. The van der Waals surface area contributed by atoms with Gasteiger partial charge in [-0.3, -0.25) is 4.79 Å². The van der Waals surface area contributed by atoms with Crippen molar-refractivity contribution in [3.05, 3.63) is 106 Å². The summed E-state index contributed by atoms with van der Waals surface area (Å²) in [5, 5.41) is 1.64. The van der Waals surface area contributed by atoms with Crippen LogP contribution in [0.2, 0.25) is 0 Å². The topological polar surface area (TPSA) is 52.2 Å². The Kier molecular flexibility index (Phi) is 4.14. The van der Waals surface area contributed by atoms with Crippen LogP contribution in [-0.4, -0.2) is 10.4 Å². The molecule has 2 heterocycles. The van der Waals surface area contributed by atoms with Gasteiger partial charge in [-0.15, -0.1) is 0 Å². The number of aromatic nitrogens is 1. The summed E-state index contributed by atoms with van der Waals surface area (Å²) < 4.78 is 7.59. The first-order chi connectivity index (χ1) is 14.6. The Labute approximate surface area is 173 Å². The van der Waals surface area contributed by atoms with Crippen molar-refractivity contribution in [3.8, 4) is 11.1 Å². The summed E-state index contributed by atoms with van der Waals surface area (Å²) in [5.74, 6) is -0.0729. The van der Waals surface area contributed by atoms with Gasteiger partial charge in [0.25, 0.3) is 0 Å². The fraction of sp³-hybridized carbons (Fsp3) is 0.0769. The Balaban J connectivity index is 1.98. The molecule has 0 radical (unpaired) electrons. The molecule has 0 atom stereocenters. The van der Waals surface area contributed by atoms with Crippen LogP contribution in [0.1, 0.15) is 21.6 Å². The van der Waals surface area contributed by atoms with Crippen molar-refractivity contribution in [2.24, 2.45) is 7.05 Å².